The number of halogens is 3. The zero-order valence-electron chi connectivity index (χ0n) is 19.6. The van der Waals surface area contributed by atoms with Gasteiger partial charge in [-0.15, -0.1) is 0 Å². The summed E-state index contributed by atoms with van der Waals surface area (Å²) in [6, 6.07) is -0.709. The predicted octanol–water partition coefficient (Wildman–Crippen LogP) is 3.18. The number of nitrogens with zero attached hydrogens (tertiary/aromatic N) is 3. The van der Waals surface area contributed by atoms with Gasteiger partial charge in [0.15, 0.2) is 0 Å². The average Bonchev–Trinajstić information content (AvgIpc) is 3.30. The van der Waals surface area contributed by atoms with Gasteiger partial charge >= 0.3 is 6.18 Å². The smallest absolute Gasteiger partial charge is 0.369 e. The maximum absolute atomic E-state index is 13.8. The fourth-order valence-electron chi connectivity index (χ4n) is 6.23. The number of anilines is 2. The summed E-state index contributed by atoms with van der Waals surface area (Å²) in [5, 5.41) is 6.05. The van der Waals surface area contributed by atoms with E-state index in [4.69, 9.17) is 5.73 Å². The van der Waals surface area contributed by atoms with Gasteiger partial charge in [-0.1, -0.05) is 18.1 Å². The van der Waals surface area contributed by atoms with Crippen molar-refractivity contribution in [3.8, 4) is 0 Å². The molecule has 2 saturated carbocycles. The standard InChI is InChI=1S/C24H31F3N6O2/c1-12(34)33-7-3-6-15(11-33)30-23-29-10-18(24(25,26)27)22(32-23)31-20-14-8-16(13-4-2-5-13)17(9-14)19(20)21(28)35/h8,10,13-15,17,19-20H,2-7,9,11H2,1H3,(H2,28,35)(H2,29,30,31,32)/t14-,15+,17-,19-,20+/m1/s1. The first-order valence-electron chi connectivity index (χ1n) is 12.4. The molecule has 1 saturated heterocycles. The van der Waals surface area contributed by atoms with Crippen LogP contribution in [0.15, 0.2) is 17.8 Å². The number of hydrogen-bond acceptors (Lipinski definition) is 6. The van der Waals surface area contributed by atoms with Gasteiger partial charge in [0.2, 0.25) is 17.8 Å². The molecule has 8 nitrogen and oxygen atoms in total. The summed E-state index contributed by atoms with van der Waals surface area (Å²) >= 11 is 0. The molecule has 0 unspecified atom stereocenters. The molecule has 2 amide bonds. The van der Waals surface area contributed by atoms with Crippen LogP contribution in [0.3, 0.4) is 0 Å². The minimum absolute atomic E-state index is 0.0196. The van der Waals surface area contributed by atoms with E-state index in [1.807, 2.05) is 0 Å². The fourth-order valence-corrected chi connectivity index (χ4v) is 6.23. The van der Waals surface area contributed by atoms with E-state index < -0.39 is 29.6 Å². The Labute approximate surface area is 201 Å². The lowest BCUT2D eigenvalue weighted by atomic mass is 9.71. The summed E-state index contributed by atoms with van der Waals surface area (Å²) in [6.45, 7) is 2.59. The molecule has 4 aliphatic rings. The number of piperidine rings is 1. The minimum atomic E-state index is -4.66. The quantitative estimate of drug-likeness (QED) is 0.526. The molecule has 3 fully saturated rings. The molecule has 2 bridgehead atoms. The van der Waals surface area contributed by atoms with Crippen molar-refractivity contribution in [2.24, 2.45) is 29.4 Å². The lowest BCUT2D eigenvalue weighted by Crippen LogP contribution is -2.44. The Hall–Kier alpha value is -2.85. The van der Waals surface area contributed by atoms with Crippen LogP contribution in [0.5, 0.6) is 0 Å². The van der Waals surface area contributed by atoms with Gasteiger partial charge in [-0.2, -0.15) is 18.2 Å². The highest BCUT2D eigenvalue weighted by Crippen LogP contribution is 2.54. The highest BCUT2D eigenvalue weighted by Gasteiger charge is 2.53. The number of nitrogens with two attached hydrogens (primary N) is 1. The van der Waals surface area contributed by atoms with Crippen molar-refractivity contribution in [2.45, 2.75) is 63.7 Å². The summed E-state index contributed by atoms with van der Waals surface area (Å²) in [5.41, 5.74) is 6.04. The maximum atomic E-state index is 13.8. The Balaban J connectivity index is 1.39. The van der Waals surface area contributed by atoms with Crippen LogP contribution in [-0.2, 0) is 15.8 Å². The van der Waals surface area contributed by atoms with E-state index in [-0.39, 0.29) is 35.6 Å². The molecule has 0 spiro atoms. The molecule has 1 aromatic rings. The van der Waals surface area contributed by atoms with Gasteiger partial charge in [-0.3, -0.25) is 9.59 Å². The fraction of sp³-hybridized carbons (Fsp3) is 0.667. The first-order valence-corrected chi connectivity index (χ1v) is 12.4. The van der Waals surface area contributed by atoms with Gasteiger partial charge in [0.1, 0.15) is 11.4 Å². The Morgan fingerprint density at radius 2 is 1.94 bits per heavy atom. The van der Waals surface area contributed by atoms with E-state index in [0.717, 1.165) is 38.3 Å². The van der Waals surface area contributed by atoms with Crippen LogP contribution >= 0.6 is 0 Å². The highest BCUT2D eigenvalue weighted by molar-refractivity contribution is 5.80. The number of rotatable bonds is 6. The van der Waals surface area contributed by atoms with Crippen molar-refractivity contribution < 1.29 is 22.8 Å². The van der Waals surface area contributed by atoms with Crippen LogP contribution in [0.2, 0.25) is 0 Å². The second-order valence-electron chi connectivity index (χ2n) is 10.3. The van der Waals surface area contributed by atoms with E-state index >= 15 is 0 Å². The molecule has 5 rings (SSSR count). The van der Waals surface area contributed by atoms with Crippen molar-refractivity contribution in [1.82, 2.24) is 14.9 Å². The lowest BCUT2D eigenvalue weighted by Gasteiger charge is -2.36. The van der Waals surface area contributed by atoms with Gasteiger partial charge in [0, 0.05) is 38.3 Å². The minimum Gasteiger partial charge on any atom is -0.369 e. The number of likely N-dealkylation sites (tertiary alicyclic amines) is 1. The van der Waals surface area contributed by atoms with Crippen molar-refractivity contribution in [3.05, 3.63) is 23.4 Å². The molecular weight excluding hydrogens is 461 g/mol. The average molecular weight is 493 g/mol. The van der Waals surface area contributed by atoms with Crippen LogP contribution in [0.1, 0.15) is 51.0 Å². The summed E-state index contributed by atoms with van der Waals surface area (Å²) in [6.07, 6.45) is 3.87. The number of carbonyl (C=O) groups is 2. The van der Waals surface area contributed by atoms with Crippen molar-refractivity contribution in [1.29, 1.82) is 0 Å². The zero-order valence-corrected chi connectivity index (χ0v) is 19.6. The van der Waals surface area contributed by atoms with Crippen LogP contribution in [-0.4, -0.2) is 51.9 Å². The SMILES string of the molecule is CC(=O)N1CCC[C@H](Nc2ncc(C(F)(F)F)c(N[C@@H]3[C@H](C(N)=O)[C@@H]4C[C@H]3C=C4C3CCC3)n2)C1. The molecule has 35 heavy (non-hydrogen) atoms. The molecular formula is C24H31F3N6O2. The van der Waals surface area contributed by atoms with E-state index in [0.29, 0.717) is 19.0 Å². The number of allylic oxidation sites excluding steroid dienone is 1. The van der Waals surface area contributed by atoms with Gasteiger partial charge in [-0.05, 0) is 49.9 Å². The number of hydrogen-bond donors (Lipinski definition) is 3. The number of aromatic nitrogens is 2. The van der Waals surface area contributed by atoms with E-state index in [9.17, 15) is 22.8 Å². The maximum Gasteiger partial charge on any atom is 0.421 e. The third kappa shape index (κ3) is 4.56. The van der Waals surface area contributed by atoms with E-state index in [1.165, 1.54) is 18.9 Å². The molecule has 3 aliphatic carbocycles. The molecule has 1 aliphatic heterocycles. The molecule has 0 radical (unpaired) electrons. The second-order valence-corrected chi connectivity index (χ2v) is 10.3. The van der Waals surface area contributed by atoms with Crippen LogP contribution in [0.25, 0.3) is 0 Å². The van der Waals surface area contributed by atoms with E-state index in [2.05, 4.69) is 26.7 Å². The number of nitrogens with one attached hydrogen (secondary N) is 2. The number of primary amides is 1. The Morgan fingerprint density at radius 1 is 1.17 bits per heavy atom. The summed E-state index contributed by atoms with van der Waals surface area (Å²) < 4.78 is 41.5. The van der Waals surface area contributed by atoms with Gasteiger partial charge in [0.05, 0.1) is 5.92 Å². The van der Waals surface area contributed by atoms with E-state index in [1.54, 1.807) is 4.90 Å². The lowest BCUT2D eigenvalue weighted by molar-refractivity contribution is -0.137. The largest absolute Gasteiger partial charge is 0.421 e. The monoisotopic (exact) mass is 492 g/mol. The van der Waals surface area contributed by atoms with Crippen LogP contribution in [0, 0.1) is 23.7 Å². The molecule has 1 aromatic heterocycles. The predicted molar refractivity (Wildman–Crippen MR) is 123 cm³/mol. The van der Waals surface area contributed by atoms with Gasteiger partial charge in [0.25, 0.3) is 0 Å². The van der Waals surface area contributed by atoms with Gasteiger partial charge in [-0.25, -0.2) is 4.98 Å². The Bertz CT molecular complexity index is 1040. The summed E-state index contributed by atoms with van der Waals surface area (Å²) in [7, 11) is 0. The third-order valence-corrected chi connectivity index (χ3v) is 8.15. The molecule has 0 aromatic carbocycles. The molecule has 4 N–H and O–H groups in total. The second kappa shape index (κ2) is 8.98. The van der Waals surface area contributed by atoms with Crippen LogP contribution in [0.4, 0.5) is 24.9 Å². The Kier molecular flexibility index (Phi) is 6.13. The Morgan fingerprint density at radius 3 is 2.57 bits per heavy atom. The zero-order chi connectivity index (χ0) is 24.9. The van der Waals surface area contributed by atoms with Crippen molar-refractivity contribution in [2.75, 3.05) is 23.7 Å². The molecule has 2 heterocycles. The number of carbonyl (C=O) groups excluding carboxylic acids is 2. The molecule has 5 atom stereocenters. The van der Waals surface area contributed by atoms with Crippen molar-refractivity contribution in [3.63, 3.8) is 0 Å². The molecule has 11 heteroatoms. The highest BCUT2D eigenvalue weighted by atomic mass is 19.4. The summed E-state index contributed by atoms with van der Waals surface area (Å²) in [5.74, 6) is -1.02. The number of alkyl halides is 3. The number of fused-ring (bicyclic) bond motifs is 2. The van der Waals surface area contributed by atoms with Crippen molar-refractivity contribution >= 4 is 23.6 Å². The van der Waals surface area contributed by atoms with Gasteiger partial charge < -0.3 is 21.3 Å². The summed E-state index contributed by atoms with van der Waals surface area (Å²) in [4.78, 5) is 33.9. The third-order valence-electron chi connectivity index (χ3n) is 8.15. The number of amides is 2. The first kappa shape index (κ1) is 23.9. The topological polar surface area (TPSA) is 113 Å². The first-order chi connectivity index (χ1) is 16.6. The van der Waals surface area contributed by atoms with Crippen LogP contribution < -0.4 is 16.4 Å². The molecule has 190 valence electrons. The normalized spacial score (nSPS) is 30.6.